The van der Waals surface area contributed by atoms with Gasteiger partial charge in [0.25, 0.3) is 0 Å². The van der Waals surface area contributed by atoms with E-state index in [4.69, 9.17) is 4.74 Å². The molecule has 2 aliphatic heterocycles. The minimum Gasteiger partial charge on any atom is -0.378 e. The van der Waals surface area contributed by atoms with E-state index in [0.717, 1.165) is 26.1 Å². The zero-order valence-corrected chi connectivity index (χ0v) is 12.5. The average Bonchev–Trinajstić information content (AvgIpc) is 2.48. The Morgan fingerprint density at radius 2 is 1.95 bits per heavy atom. The van der Waals surface area contributed by atoms with Gasteiger partial charge >= 0.3 is 0 Å². The average molecular weight is 279 g/mol. The summed E-state index contributed by atoms with van der Waals surface area (Å²) in [6.07, 6.45) is 4.64. The molecule has 1 saturated heterocycles. The molecule has 2 heterocycles. The van der Waals surface area contributed by atoms with Crippen molar-refractivity contribution < 1.29 is 4.74 Å². The van der Waals surface area contributed by atoms with Crippen LogP contribution in [0.4, 0.5) is 0 Å². The molecule has 108 valence electrons. The summed E-state index contributed by atoms with van der Waals surface area (Å²) in [5.41, 5.74) is 2.99. The number of morpholine rings is 1. The molecule has 0 saturated carbocycles. The van der Waals surface area contributed by atoms with Crippen LogP contribution in [0.5, 0.6) is 0 Å². The highest BCUT2D eigenvalue weighted by molar-refractivity contribution is 5.83. The zero-order valence-electron chi connectivity index (χ0n) is 12.5. The molecular formula is C19H21NO. The smallest absolute Gasteiger partial charge is 0.0658 e. The Bertz CT molecular complexity index is 691. The quantitative estimate of drug-likeness (QED) is 0.781. The largest absolute Gasteiger partial charge is 0.378 e. The third-order valence-corrected chi connectivity index (χ3v) is 4.87. The summed E-state index contributed by atoms with van der Waals surface area (Å²) in [6, 6.07) is 16.5. The maximum Gasteiger partial charge on any atom is 0.0658 e. The summed E-state index contributed by atoms with van der Waals surface area (Å²) in [5, 5.41) is 2.66. The molecule has 0 N–H and O–H groups in total. The SMILES string of the molecule is CN1C2C=C(Cc3ccc4ccccc4c3)CC1COC2. The van der Waals surface area contributed by atoms with Gasteiger partial charge in [-0.25, -0.2) is 0 Å². The molecule has 0 spiro atoms. The number of rotatable bonds is 2. The van der Waals surface area contributed by atoms with Crippen LogP contribution in [-0.4, -0.2) is 37.2 Å². The Morgan fingerprint density at radius 1 is 1.10 bits per heavy atom. The van der Waals surface area contributed by atoms with E-state index in [1.165, 1.54) is 16.3 Å². The monoisotopic (exact) mass is 279 g/mol. The van der Waals surface area contributed by atoms with E-state index in [0.29, 0.717) is 12.1 Å². The third kappa shape index (κ3) is 2.50. The van der Waals surface area contributed by atoms with Crippen molar-refractivity contribution in [3.8, 4) is 0 Å². The van der Waals surface area contributed by atoms with E-state index in [-0.39, 0.29) is 0 Å². The maximum absolute atomic E-state index is 5.68. The third-order valence-electron chi connectivity index (χ3n) is 4.87. The number of hydrogen-bond acceptors (Lipinski definition) is 2. The fourth-order valence-electron chi connectivity index (χ4n) is 3.58. The molecule has 2 atom stereocenters. The zero-order chi connectivity index (χ0) is 14.2. The van der Waals surface area contributed by atoms with E-state index in [1.54, 1.807) is 5.57 Å². The van der Waals surface area contributed by atoms with E-state index in [2.05, 4.69) is 60.5 Å². The first kappa shape index (κ1) is 13.1. The highest BCUT2D eigenvalue weighted by atomic mass is 16.5. The molecule has 21 heavy (non-hydrogen) atoms. The molecule has 2 aromatic carbocycles. The van der Waals surface area contributed by atoms with Crippen LogP contribution in [0.3, 0.4) is 0 Å². The van der Waals surface area contributed by atoms with Crippen molar-refractivity contribution in [2.45, 2.75) is 24.9 Å². The molecule has 2 heteroatoms. The van der Waals surface area contributed by atoms with E-state index in [9.17, 15) is 0 Å². The molecule has 0 radical (unpaired) electrons. The van der Waals surface area contributed by atoms with Gasteiger partial charge in [-0.3, -0.25) is 4.90 Å². The van der Waals surface area contributed by atoms with Crippen LogP contribution < -0.4 is 0 Å². The predicted octanol–water partition coefficient (Wildman–Crippen LogP) is 3.41. The minimum atomic E-state index is 0.466. The predicted molar refractivity (Wildman–Crippen MR) is 86.5 cm³/mol. The number of fused-ring (bicyclic) bond motifs is 3. The van der Waals surface area contributed by atoms with Crippen molar-refractivity contribution in [1.29, 1.82) is 0 Å². The first-order chi connectivity index (χ1) is 10.3. The maximum atomic E-state index is 5.68. The first-order valence-corrected chi connectivity index (χ1v) is 7.76. The van der Waals surface area contributed by atoms with Crippen molar-refractivity contribution >= 4 is 10.8 Å². The lowest BCUT2D eigenvalue weighted by molar-refractivity contribution is -0.0260. The summed E-state index contributed by atoms with van der Waals surface area (Å²) in [6.45, 7) is 1.72. The lowest BCUT2D eigenvalue weighted by Crippen LogP contribution is -2.51. The molecule has 2 nitrogen and oxygen atoms in total. The summed E-state index contributed by atoms with van der Waals surface area (Å²) in [4.78, 5) is 2.47. The van der Waals surface area contributed by atoms with Crippen LogP contribution >= 0.6 is 0 Å². The van der Waals surface area contributed by atoms with Gasteiger partial charge in [0, 0.05) is 6.04 Å². The van der Waals surface area contributed by atoms with Crippen molar-refractivity contribution in [2.75, 3.05) is 20.3 Å². The number of likely N-dealkylation sites (N-methyl/N-ethyl adjacent to an activating group) is 1. The molecule has 0 amide bonds. The first-order valence-electron chi connectivity index (χ1n) is 7.76. The second kappa shape index (κ2) is 5.28. The van der Waals surface area contributed by atoms with Crippen LogP contribution in [0.15, 0.2) is 54.1 Å². The van der Waals surface area contributed by atoms with Gasteiger partial charge in [0.05, 0.1) is 19.3 Å². The molecular weight excluding hydrogens is 258 g/mol. The Morgan fingerprint density at radius 3 is 2.81 bits per heavy atom. The summed E-state index contributed by atoms with van der Waals surface area (Å²) in [5.74, 6) is 0. The Balaban J connectivity index is 1.60. The number of ether oxygens (including phenoxy) is 1. The Kier molecular flexibility index (Phi) is 3.28. The van der Waals surface area contributed by atoms with Gasteiger partial charge in [0.2, 0.25) is 0 Å². The summed E-state index contributed by atoms with van der Waals surface area (Å²) >= 11 is 0. The number of hydrogen-bond donors (Lipinski definition) is 0. The van der Waals surface area contributed by atoms with E-state index < -0.39 is 0 Å². The van der Waals surface area contributed by atoms with E-state index in [1.807, 2.05) is 0 Å². The van der Waals surface area contributed by atoms with Gasteiger partial charge in [-0.15, -0.1) is 0 Å². The molecule has 4 rings (SSSR count). The van der Waals surface area contributed by atoms with Gasteiger partial charge in [-0.1, -0.05) is 54.1 Å². The molecule has 2 aromatic rings. The van der Waals surface area contributed by atoms with Gasteiger partial charge in [-0.05, 0) is 36.2 Å². The van der Waals surface area contributed by atoms with Crippen LogP contribution in [0.25, 0.3) is 10.8 Å². The summed E-state index contributed by atoms with van der Waals surface area (Å²) < 4.78 is 5.68. The van der Waals surface area contributed by atoms with Crippen LogP contribution in [0.2, 0.25) is 0 Å². The van der Waals surface area contributed by atoms with Gasteiger partial charge < -0.3 is 4.74 Å². The molecule has 0 aliphatic carbocycles. The molecule has 1 fully saturated rings. The molecule has 2 aliphatic rings. The van der Waals surface area contributed by atoms with Crippen LogP contribution in [-0.2, 0) is 11.2 Å². The minimum absolute atomic E-state index is 0.466. The standard InChI is InChI=1S/C19H21NO/c1-20-18-10-15(11-19(20)13-21-12-18)8-14-6-7-16-4-2-3-5-17(16)9-14/h2-7,9-10,18-19H,8,11-13H2,1H3. The molecule has 2 bridgehead atoms. The Hall–Kier alpha value is -1.64. The fraction of sp³-hybridized carbons (Fsp3) is 0.368. The lowest BCUT2D eigenvalue weighted by atomic mass is 9.90. The van der Waals surface area contributed by atoms with E-state index >= 15 is 0 Å². The molecule has 2 unspecified atom stereocenters. The van der Waals surface area contributed by atoms with Gasteiger partial charge in [0.15, 0.2) is 0 Å². The Labute approximate surface area is 126 Å². The topological polar surface area (TPSA) is 12.5 Å². The highest BCUT2D eigenvalue weighted by Crippen LogP contribution is 2.28. The van der Waals surface area contributed by atoms with Crippen LogP contribution in [0.1, 0.15) is 12.0 Å². The lowest BCUT2D eigenvalue weighted by Gasteiger charge is -2.42. The second-order valence-corrected chi connectivity index (χ2v) is 6.31. The van der Waals surface area contributed by atoms with Gasteiger partial charge in [-0.2, -0.15) is 0 Å². The van der Waals surface area contributed by atoms with Crippen molar-refractivity contribution in [3.63, 3.8) is 0 Å². The molecule has 0 aromatic heterocycles. The number of nitrogens with zero attached hydrogens (tertiary/aromatic N) is 1. The van der Waals surface area contributed by atoms with Gasteiger partial charge in [0.1, 0.15) is 0 Å². The highest BCUT2D eigenvalue weighted by Gasteiger charge is 2.31. The van der Waals surface area contributed by atoms with Crippen molar-refractivity contribution in [3.05, 3.63) is 59.7 Å². The second-order valence-electron chi connectivity index (χ2n) is 6.31. The van der Waals surface area contributed by atoms with Crippen molar-refractivity contribution in [2.24, 2.45) is 0 Å². The summed E-state index contributed by atoms with van der Waals surface area (Å²) in [7, 11) is 2.22. The van der Waals surface area contributed by atoms with Crippen LogP contribution in [0, 0.1) is 0 Å². The normalized spacial score (nSPS) is 25.9. The fourth-order valence-corrected chi connectivity index (χ4v) is 3.58. The number of benzene rings is 2. The van der Waals surface area contributed by atoms with Crippen molar-refractivity contribution in [1.82, 2.24) is 4.90 Å².